The zero-order valence-corrected chi connectivity index (χ0v) is 11.2. The molecule has 0 aromatic heterocycles. The van der Waals surface area contributed by atoms with Crippen molar-refractivity contribution >= 4 is 5.91 Å². The SMILES string of the molecule is CC(N)(C#N)CCCCN1CCC(C(N)=O)CC1. The van der Waals surface area contributed by atoms with Gasteiger partial charge in [-0.25, -0.2) is 0 Å². The van der Waals surface area contributed by atoms with E-state index in [2.05, 4.69) is 11.0 Å². The number of nitrogens with two attached hydrogens (primary N) is 2. The van der Waals surface area contributed by atoms with Crippen molar-refractivity contribution in [2.75, 3.05) is 19.6 Å². The largest absolute Gasteiger partial charge is 0.369 e. The van der Waals surface area contributed by atoms with Gasteiger partial charge in [0.05, 0.1) is 6.07 Å². The first-order chi connectivity index (χ1) is 8.44. The number of unbranched alkanes of at least 4 members (excludes halogenated alkanes) is 1. The number of nitriles is 1. The third-order valence-corrected chi connectivity index (χ3v) is 3.67. The van der Waals surface area contributed by atoms with Gasteiger partial charge in [0, 0.05) is 5.92 Å². The molecule has 1 unspecified atom stereocenters. The fourth-order valence-corrected chi connectivity index (χ4v) is 2.32. The average molecular weight is 252 g/mol. The Bertz CT molecular complexity index is 313. The van der Waals surface area contributed by atoms with Crippen molar-refractivity contribution in [3.8, 4) is 6.07 Å². The number of primary amides is 1. The summed E-state index contributed by atoms with van der Waals surface area (Å²) in [4.78, 5) is 13.4. The van der Waals surface area contributed by atoms with Gasteiger partial charge in [-0.1, -0.05) is 0 Å². The highest BCUT2D eigenvalue weighted by atomic mass is 16.1. The summed E-state index contributed by atoms with van der Waals surface area (Å²) in [6.07, 6.45) is 4.51. The maximum Gasteiger partial charge on any atom is 0.220 e. The molecule has 1 heterocycles. The maximum absolute atomic E-state index is 11.0. The molecule has 0 saturated carbocycles. The first-order valence-corrected chi connectivity index (χ1v) is 6.66. The Morgan fingerprint density at radius 3 is 2.56 bits per heavy atom. The highest BCUT2D eigenvalue weighted by Crippen LogP contribution is 2.17. The average Bonchev–Trinajstić information content (AvgIpc) is 2.35. The third kappa shape index (κ3) is 5.03. The van der Waals surface area contributed by atoms with E-state index in [1.54, 1.807) is 6.92 Å². The molecule has 0 aliphatic carbocycles. The standard InChI is InChI=1S/C13H24N4O/c1-13(16,10-14)6-2-3-7-17-8-4-11(5-9-17)12(15)18/h11H,2-9,16H2,1H3,(H2,15,18). The number of piperidine rings is 1. The number of likely N-dealkylation sites (tertiary alicyclic amines) is 1. The third-order valence-electron chi connectivity index (χ3n) is 3.67. The monoisotopic (exact) mass is 252 g/mol. The quantitative estimate of drug-likeness (QED) is 0.676. The van der Waals surface area contributed by atoms with Gasteiger partial charge in [-0.05, 0) is 58.7 Å². The molecule has 1 aliphatic rings. The molecular formula is C13H24N4O. The Kier molecular flexibility index (Phi) is 5.57. The lowest BCUT2D eigenvalue weighted by molar-refractivity contribution is -0.123. The summed E-state index contributed by atoms with van der Waals surface area (Å²) in [5, 5.41) is 8.79. The van der Waals surface area contributed by atoms with E-state index in [-0.39, 0.29) is 11.8 Å². The van der Waals surface area contributed by atoms with E-state index in [1.807, 2.05) is 0 Å². The molecule has 5 nitrogen and oxygen atoms in total. The second kappa shape index (κ2) is 6.72. The normalized spacial score (nSPS) is 21.2. The van der Waals surface area contributed by atoms with Crippen LogP contribution in [0.5, 0.6) is 0 Å². The Balaban J connectivity index is 2.12. The van der Waals surface area contributed by atoms with Crippen LogP contribution in [0.1, 0.15) is 39.0 Å². The maximum atomic E-state index is 11.0. The molecule has 1 aliphatic heterocycles. The molecule has 4 N–H and O–H groups in total. The highest BCUT2D eigenvalue weighted by Gasteiger charge is 2.23. The van der Waals surface area contributed by atoms with E-state index in [9.17, 15) is 4.79 Å². The number of hydrogen-bond acceptors (Lipinski definition) is 4. The topological polar surface area (TPSA) is 96.1 Å². The molecule has 1 rings (SSSR count). The zero-order valence-electron chi connectivity index (χ0n) is 11.2. The molecular weight excluding hydrogens is 228 g/mol. The summed E-state index contributed by atoms with van der Waals surface area (Å²) < 4.78 is 0. The summed E-state index contributed by atoms with van der Waals surface area (Å²) in [6.45, 7) is 4.69. The van der Waals surface area contributed by atoms with Gasteiger partial charge in [-0.3, -0.25) is 4.79 Å². The van der Waals surface area contributed by atoms with Crippen LogP contribution in [0.4, 0.5) is 0 Å². The van der Waals surface area contributed by atoms with Gasteiger partial charge < -0.3 is 16.4 Å². The fraction of sp³-hybridized carbons (Fsp3) is 0.846. The van der Waals surface area contributed by atoms with Gasteiger partial charge >= 0.3 is 0 Å². The molecule has 0 radical (unpaired) electrons. The van der Waals surface area contributed by atoms with Crippen LogP contribution in [0, 0.1) is 17.2 Å². The van der Waals surface area contributed by atoms with Crippen LogP contribution in [0.25, 0.3) is 0 Å². The first kappa shape index (κ1) is 14.9. The van der Waals surface area contributed by atoms with Crippen molar-refractivity contribution in [2.45, 2.75) is 44.6 Å². The predicted molar refractivity (Wildman–Crippen MR) is 70.4 cm³/mol. The molecule has 1 amide bonds. The van der Waals surface area contributed by atoms with Crippen molar-refractivity contribution in [1.29, 1.82) is 5.26 Å². The second-order valence-electron chi connectivity index (χ2n) is 5.50. The fourth-order valence-electron chi connectivity index (χ4n) is 2.32. The minimum atomic E-state index is -0.695. The molecule has 0 aromatic carbocycles. The van der Waals surface area contributed by atoms with E-state index in [0.717, 1.165) is 51.7 Å². The van der Waals surface area contributed by atoms with E-state index in [1.165, 1.54) is 0 Å². The number of amides is 1. The summed E-state index contributed by atoms with van der Waals surface area (Å²) in [5.74, 6) is -0.102. The second-order valence-corrected chi connectivity index (χ2v) is 5.50. The highest BCUT2D eigenvalue weighted by molar-refractivity contribution is 5.76. The van der Waals surface area contributed by atoms with E-state index < -0.39 is 5.54 Å². The Hall–Kier alpha value is -1.12. The van der Waals surface area contributed by atoms with Crippen LogP contribution >= 0.6 is 0 Å². The molecule has 1 saturated heterocycles. The molecule has 0 bridgehead atoms. The van der Waals surface area contributed by atoms with Gasteiger partial charge in [0.25, 0.3) is 0 Å². The molecule has 18 heavy (non-hydrogen) atoms. The summed E-state index contributed by atoms with van der Waals surface area (Å²) in [6, 6.07) is 2.11. The van der Waals surface area contributed by atoms with Crippen LogP contribution < -0.4 is 11.5 Å². The lowest BCUT2D eigenvalue weighted by atomic mass is 9.95. The van der Waals surface area contributed by atoms with Crippen LogP contribution in [0.3, 0.4) is 0 Å². The predicted octanol–water partition coefficient (Wildman–Crippen LogP) is 0.595. The van der Waals surface area contributed by atoms with Gasteiger partial charge in [-0.2, -0.15) is 5.26 Å². The lowest BCUT2D eigenvalue weighted by Crippen LogP contribution is -2.39. The number of nitrogens with zero attached hydrogens (tertiary/aromatic N) is 2. The number of carbonyl (C=O) groups is 1. The Morgan fingerprint density at radius 2 is 2.06 bits per heavy atom. The zero-order chi connectivity index (χ0) is 13.6. The minimum Gasteiger partial charge on any atom is -0.369 e. The summed E-state index contributed by atoms with van der Waals surface area (Å²) in [5.41, 5.74) is 10.4. The van der Waals surface area contributed by atoms with Crippen molar-refractivity contribution in [1.82, 2.24) is 4.90 Å². The van der Waals surface area contributed by atoms with E-state index in [4.69, 9.17) is 16.7 Å². The summed E-state index contributed by atoms with van der Waals surface area (Å²) >= 11 is 0. The van der Waals surface area contributed by atoms with Crippen LogP contribution in [-0.4, -0.2) is 36.0 Å². The molecule has 0 spiro atoms. The van der Waals surface area contributed by atoms with E-state index in [0.29, 0.717) is 0 Å². The van der Waals surface area contributed by atoms with Gasteiger partial charge in [0.2, 0.25) is 5.91 Å². The van der Waals surface area contributed by atoms with Crippen LogP contribution in [0.15, 0.2) is 0 Å². The summed E-state index contributed by atoms with van der Waals surface area (Å²) in [7, 11) is 0. The van der Waals surface area contributed by atoms with Gasteiger partial charge in [-0.15, -0.1) is 0 Å². The molecule has 1 fully saturated rings. The lowest BCUT2D eigenvalue weighted by Gasteiger charge is -2.30. The smallest absolute Gasteiger partial charge is 0.220 e. The molecule has 102 valence electrons. The number of hydrogen-bond donors (Lipinski definition) is 2. The van der Waals surface area contributed by atoms with Gasteiger partial charge in [0.1, 0.15) is 5.54 Å². The molecule has 1 atom stereocenters. The Labute approximate surface area is 109 Å². The van der Waals surface area contributed by atoms with Crippen molar-refractivity contribution in [3.63, 3.8) is 0 Å². The van der Waals surface area contributed by atoms with Crippen molar-refractivity contribution in [3.05, 3.63) is 0 Å². The molecule has 5 heteroatoms. The number of rotatable bonds is 6. The van der Waals surface area contributed by atoms with Crippen LogP contribution in [0.2, 0.25) is 0 Å². The van der Waals surface area contributed by atoms with E-state index >= 15 is 0 Å². The molecule has 0 aromatic rings. The van der Waals surface area contributed by atoms with Crippen LogP contribution in [-0.2, 0) is 4.79 Å². The minimum absolute atomic E-state index is 0.0622. The van der Waals surface area contributed by atoms with Gasteiger partial charge in [0.15, 0.2) is 0 Å². The number of carbonyl (C=O) groups excluding carboxylic acids is 1. The van der Waals surface area contributed by atoms with Crippen molar-refractivity contribution < 1.29 is 4.79 Å². The van der Waals surface area contributed by atoms with Crippen molar-refractivity contribution in [2.24, 2.45) is 17.4 Å². The Morgan fingerprint density at radius 1 is 1.44 bits per heavy atom. The first-order valence-electron chi connectivity index (χ1n) is 6.66.